The summed E-state index contributed by atoms with van der Waals surface area (Å²) in [5, 5.41) is 22.6. The van der Waals surface area contributed by atoms with Gasteiger partial charge in [-0.05, 0) is 17.1 Å². The Kier molecular flexibility index (Phi) is 2.49. The lowest BCUT2D eigenvalue weighted by atomic mass is 10.3. The fraction of sp³-hybridized carbons (Fsp3) is 0. The lowest BCUT2D eigenvalue weighted by Crippen LogP contribution is -2.05. The molecule has 0 aliphatic carbocycles. The van der Waals surface area contributed by atoms with Crippen LogP contribution in [0.5, 0.6) is 0 Å². The second kappa shape index (κ2) is 3.96. The van der Waals surface area contributed by atoms with Gasteiger partial charge in [-0.3, -0.25) is 0 Å². The highest BCUT2D eigenvalue weighted by atomic mass is 16.6. The number of nitro groups is 1. The zero-order chi connectivity index (χ0) is 12.4. The van der Waals surface area contributed by atoms with Gasteiger partial charge in [0.25, 0.3) is 0 Å². The molecule has 2 heterocycles. The van der Waals surface area contributed by atoms with Gasteiger partial charge in [-0.2, -0.15) is 0 Å². The van der Waals surface area contributed by atoms with Gasteiger partial charge in [0.05, 0.1) is 0 Å². The second-order valence-corrected chi connectivity index (χ2v) is 2.93. The van der Waals surface area contributed by atoms with Crippen LogP contribution >= 0.6 is 0 Å². The zero-order valence-electron chi connectivity index (χ0n) is 8.22. The van der Waals surface area contributed by atoms with Crippen molar-refractivity contribution in [3.63, 3.8) is 0 Å². The zero-order valence-corrected chi connectivity index (χ0v) is 8.22. The van der Waals surface area contributed by atoms with Crippen molar-refractivity contribution in [2.24, 2.45) is 0 Å². The van der Waals surface area contributed by atoms with Crippen LogP contribution in [0.25, 0.3) is 5.82 Å². The first-order valence-corrected chi connectivity index (χ1v) is 4.34. The van der Waals surface area contributed by atoms with Gasteiger partial charge >= 0.3 is 11.9 Å². The van der Waals surface area contributed by atoms with Crippen molar-refractivity contribution in [2.75, 3.05) is 0 Å². The molecular formula is C8H5N5O4. The minimum atomic E-state index is -1.19. The number of aromatic carboxylic acids is 1. The maximum absolute atomic E-state index is 10.7. The van der Waals surface area contributed by atoms with Crippen LogP contribution in [0.4, 0.5) is 5.95 Å². The summed E-state index contributed by atoms with van der Waals surface area (Å²) < 4.78 is 1.03. The molecule has 0 saturated carbocycles. The third kappa shape index (κ3) is 2.07. The Labute approximate surface area is 93.5 Å². The third-order valence-electron chi connectivity index (χ3n) is 1.83. The average molecular weight is 235 g/mol. The molecule has 0 spiro atoms. The predicted molar refractivity (Wildman–Crippen MR) is 52.8 cm³/mol. The van der Waals surface area contributed by atoms with E-state index in [0.717, 1.165) is 11.0 Å². The molecule has 0 radical (unpaired) electrons. The van der Waals surface area contributed by atoms with Crippen molar-refractivity contribution in [1.82, 2.24) is 19.7 Å². The Balaban J connectivity index is 2.42. The lowest BCUT2D eigenvalue weighted by Gasteiger charge is -1.96. The third-order valence-corrected chi connectivity index (χ3v) is 1.83. The molecule has 0 atom stereocenters. The number of pyridine rings is 1. The number of nitrogens with zero attached hydrogens (tertiary/aromatic N) is 5. The molecule has 0 amide bonds. The van der Waals surface area contributed by atoms with Crippen LogP contribution in [-0.4, -0.2) is 35.7 Å². The molecule has 9 nitrogen and oxygen atoms in total. The monoisotopic (exact) mass is 235 g/mol. The van der Waals surface area contributed by atoms with Crippen molar-refractivity contribution >= 4 is 11.9 Å². The van der Waals surface area contributed by atoms with E-state index in [2.05, 4.69) is 15.1 Å². The smallest absolute Gasteiger partial charge is 0.477 e. The maximum atomic E-state index is 10.7. The summed E-state index contributed by atoms with van der Waals surface area (Å²) in [7, 11) is 0. The van der Waals surface area contributed by atoms with E-state index in [0.29, 0.717) is 0 Å². The van der Waals surface area contributed by atoms with E-state index in [1.54, 1.807) is 0 Å². The van der Waals surface area contributed by atoms with Gasteiger partial charge in [0, 0.05) is 5.10 Å². The number of carboxylic acids is 1. The Hall–Kier alpha value is -2.84. The molecule has 0 fully saturated rings. The normalized spacial score (nSPS) is 10.1. The number of rotatable bonds is 3. The topological polar surface area (TPSA) is 124 Å². The van der Waals surface area contributed by atoms with Crippen molar-refractivity contribution in [1.29, 1.82) is 0 Å². The summed E-state index contributed by atoms with van der Waals surface area (Å²) in [5.41, 5.74) is -0.180. The number of carboxylic acid groups (broad SMARTS) is 1. The highest BCUT2D eigenvalue weighted by molar-refractivity contribution is 5.85. The second-order valence-electron chi connectivity index (χ2n) is 2.93. The van der Waals surface area contributed by atoms with Gasteiger partial charge in [-0.25, -0.2) is 9.78 Å². The van der Waals surface area contributed by atoms with Crippen molar-refractivity contribution in [2.45, 2.75) is 0 Å². The first-order valence-electron chi connectivity index (χ1n) is 4.34. The summed E-state index contributed by atoms with van der Waals surface area (Å²) in [4.78, 5) is 27.5. The van der Waals surface area contributed by atoms with Crippen LogP contribution in [-0.2, 0) is 0 Å². The fourth-order valence-electron chi connectivity index (χ4n) is 1.12. The SMILES string of the molecule is O=C(O)c1cccc(-n2cnc([N+](=O)[O-])n2)n1. The molecule has 0 aliphatic heterocycles. The van der Waals surface area contributed by atoms with Gasteiger partial charge in [-0.1, -0.05) is 11.1 Å². The molecule has 2 aromatic rings. The Morgan fingerprint density at radius 2 is 2.24 bits per heavy atom. The van der Waals surface area contributed by atoms with Crippen molar-refractivity contribution in [3.8, 4) is 5.82 Å². The average Bonchev–Trinajstić information content (AvgIpc) is 2.78. The van der Waals surface area contributed by atoms with Crippen LogP contribution in [0.15, 0.2) is 24.5 Å². The highest BCUT2D eigenvalue weighted by Crippen LogP contribution is 2.07. The summed E-state index contributed by atoms with van der Waals surface area (Å²) in [6.07, 6.45) is 1.09. The van der Waals surface area contributed by atoms with Crippen LogP contribution in [0.2, 0.25) is 0 Å². The van der Waals surface area contributed by atoms with Crippen molar-refractivity contribution in [3.05, 3.63) is 40.3 Å². The highest BCUT2D eigenvalue weighted by Gasteiger charge is 2.15. The van der Waals surface area contributed by atoms with E-state index >= 15 is 0 Å². The molecule has 17 heavy (non-hydrogen) atoms. The van der Waals surface area contributed by atoms with Crippen LogP contribution in [0.3, 0.4) is 0 Å². The Morgan fingerprint density at radius 1 is 1.47 bits per heavy atom. The fourth-order valence-corrected chi connectivity index (χ4v) is 1.12. The minimum absolute atomic E-state index is 0.144. The molecule has 0 bridgehead atoms. The predicted octanol–water partition coefficient (Wildman–Crippen LogP) is 0.269. The Morgan fingerprint density at radius 3 is 2.82 bits per heavy atom. The van der Waals surface area contributed by atoms with Gasteiger partial charge in [0.1, 0.15) is 0 Å². The quantitative estimate of drug-likeness (QED) is 0.597. The lowest BCUT2D eigenvalue weighted by molar-refractivity contribution is -0.394. The standard InChI is InChI=1S/C8H5N5O4/c14-7(15)5-2-1-3-6(10-5)12-4-9-8(11-12)13(16)17/h1-4H,(H,14,15). The van der Waals surface area contributed by atoms with E-state index in [1.165, 1.54) is 18.2 Å². The number of carbonyl (C=O) groups is 1. The van der Waals surface area contributed by atoms with Gasteiger partial charge < -0.3 is 15.2 Å². The number of hydrogen-bond acceptors (Lipinski definition) is 6. The van der Waals surface area contributed by atoms with E-state index in [-0.39, 0.29) is 11.5 Å². The molecule has 2 aromatic heterocycles. The summed E-state index contributed by atoms with van der Waals surface area (Å²) in [6.45, 7) is 0. The first-order chi connectivity index (χ1) is 8.08. The summed E-state index contributed by atoms with van der Waals surface area (Å²) in [5.74, 6) is -1.63. The van der Waals surface area contributed by atoms with Crippen LogP contribution < -0.4 is 0 Å². The molecule has 0 unspecified atom stereocenters. The summed E-state index contributed by atoms with van der Waals surface area (Å²) in [6, 6.07) is 4.22. The van der Waals surface area contributed by atoms with E-state index in [4.69, 9.17) is 5.11 Å². The maximum Gasteiger partial charge on any atom is 0.491 e. The molecule has 0 saturated heterocycles. The number of aromatic nitrogens is 4. The minimum Gasteiger partial charge on any atom is -0.477 e. The number of hydrogen-bond donors (Lipinski definition) is 1. The van der Waals surface area contributed by atoms with Crippen LogP contribution in [0.1, 0.15) is 10.5 Å². The van der Waals surface area contributed by atoms with E-state index < -0.39 is 16.8 Å². The molecule has 86 valence electrons. The van der Waals surface area contributed by atoms with E-state index in [9.17, 15) is 14.9 Å². The van der Waals surface area contributed by atoms with Crippen LogP contribution in [0, 0.1) is 10.1 Å². The van der Waals surface area contributed by atoms with Gasteiger partial charge in [0.2, 0.25) is 6.33 Å². The molecule has 0 aliphatic rings. The molecule has 0 aromatic carbocycles. The molecular weight excluding hydrogens is 230 g/mol. The summed E-state index contributed by atoms with van der Waals surface area (Å²) >= 11 is 0. The van der Waals surface area contributed by atoms with Crippen molar-refractivity contribution < 1.29 is 14.8 Å². The molecule has 2 rings (SSSR count). The molecule has 1 N–H and O–H groups in total. The largest absolute Gasteiger partial charge is 0.491 e. The molecule has 9 heteroatoms. The van der Waals surface area contributed by atoms with E-state index in [1.807, 2.05) is 0 Å². The Bertz CT molecular complexity index is 593. The first kappa shape index (κ1) is 10.7. The van der Waals surface area contributed by atoms with Gasteiger partial charge in [-0.15, -0.1) is 4.68 Å². The van der Waals surface area contributed by atoms with Gasteiger partial charge in [0.15, 0.2) is 11.5 Å².